The van der Waals surface area contributed by atoms with Crippen LogP contribution in [0, 0.1) is 17.1 Å². The van der Waals surface area contributed by atoms with E-state index in [-0.39, 0.29) is 11.4 Å². The van der Waals surface area contributed by atoms with Crippen LogP contribution in [0.1, 0.15) is 26.3 Å². The van der Waals surface area contributed by atoms with Gasteiger partial charge < -0.3 is 10.6 Å². The molecule has 0 aromatic heterocycles. The van der Waals surface area contributed by atoms with Crippen molar-refractivity contribution in [3.63, 3.8) is 0 Å². The average molecular weight is 237 g/mol. The van der Waals surface area contributed by atoms with Crippen LogP contribution in [0.4, 0.5) is 10.1 Å². The van der Waals surface area contributed by atoms with Crippen LogP contribution >= 0.6 is 0 Å². The molecule has 1 aromatic rings. The van der Waals surface area contributed by atoms with Crippen LogP contribution in [0.2, 0.25) is 0 Å². The molecule has 0 fully saturated rings. The van der Waals surface area contributed by atoms with Crippen LogP contribution in [-0.4, -0.2) is 18.9 Å². The van der Waals surface area contributed by atoms with Crippen LogP contribution in [-0.2, 0) is 0 Å². The Kier molecular flexibility index (Phi) is 4.49. The molecule has 0 heterocycles. The number of nitrogens with one attached hydrogen (secondary N) is 1. The minimum Gasteiger partial charge on any atom is -0.384 e. The van der Waals surface area contributed by atoms with Crippen molar-refractivity contribution in [2.75, 3.05) is 18.0 Å². The molecular formula is C13H20FN3. The van der Waals surface area contributed by atoms with Crippen LogP contribution < -0.4 is 10.6 Å². The number of amidine groups is 1. The summed E-state index contributed by atoms with van der Waals surface area (Å²) in [6.07, 6.45) is 0. The predicted octanol–water partition coefficient (Wildman–Crippen LogP) is 2.59. The molecule has 0 aliphatic rings. The van der Waals surface area contributed by atoms with Gasteiger partial charge >= 0.3 is 0 Å². The van der Waals surface area contributed by atoms with Gasteiger partial charge in [-0.3, -0.25) is 5.41 Å². The number of anilines is 1. The fraction of sp³-hybridized carbons (Fsp3) is 0.462. The van der Waals surface area contributed by atoms with E-state index in [0.29, 0.717) is 11.6 Å². The van der Waals surface area contributed by atoms with Crippen LogP contribution in [0.15, 0.2) is 18.2 Å². The topological polar surface area (TPSA) is 53.1 Å². The summed E-state index contributed by atoms with van der Waals surface area (Å²) < 4.78 is 13.7. The van der Waals surface area contributed by atoms with E-state index in [1.165, 1.54) is 6.07 Å². The highest BCUT2D eigenvalue weighted by Crippen LogP contribution is 2.23. The molecule has 1 aromatic carbocycles. The Hall–Kier alpha value is -1.58. The van der Waals surface area contributed by atoms with Crippen molar-refractivity contribution < 1.29 is 4.39 Å². The van der Waals surface area contributed by atoms with Crippen molar-refractivity contribution in [3.8, 4) is 0 Å². The molecule has 0 aliphatic heterocycles. The van der Waals surface area contributed by atoms with Gasteiger partial charge in [0.05, 0.1) is 11.3 Å². The van der Waals surface area contributed by atoms with Crippen molar-refractivity contribution in [2.24, 2.45) is 11.7 Å². The van der Waals surface area contributed by atoms with Gasteiger partial charge in [0, 0.05) is 13.1 Å². The second kappa shape index (κ2) is 5.66. The number of halogens is 1. The first kappa shape index (κ1) is 13.5. The number of nitrogen functional groups attached to an aromatic ring is 1. The molecule has 4 heteroatoms. The lowest BCUT2D eigenvalue weighted by Gasteiger charge is -2.27. The number of rotatable bonds is 5. The zero-order valence-corrected chi connectivity index (χ0v) is 10.6. The molecule has 0 amide bonds. The van der Waals surface area contributed by atoms with Crippen molar-refractivity contribution in [1.29, 1.82) is 5.41 Å². The van der Waals surface area contributed by atoms with Crippen LogP contribution in [0.3, 0.4) is 0 Å². The summed E-state index contributed by atoms with van der Waals surface area (Å²) in [5.74, 6) is -0.185. The second-order valence-electron chi connectivity index (χ2n) is 4.48. The highest BCUT2D eigenvalue weighted by Gasteiger charge is 2.16. The highest BCUT2D eigenvalue weighted by atomic mass is 19.1. The van der Waals surface area contributed by atoms with E-state index in [2.05, 4.69) is 13.8 Å². The zero-order chi connectivity index (χ0) is 13.0. The molecule has 0 aliphatic carbocycles. The molecule has 0 spiro atoms. The fourth-order valence-electron chi connectivity index (χ4n) is 1.88. The lowest BCUT2D eigenvalue weighted by molar-refractivity contribution is 0.606. The van der Waals surface area contributed by atoms with E-state index in [0.717, 1.165) is 13.1 Å². The number of nitrogens with zero attached hydrogens (tertiary/aromatic N) is 1. The molecule has 0 bridgehead atoms. The molecule has 0 saturated carbocycles. The van der Waals surface area contributed by atoms with Gasteiger partial charge in [-0.05, 0) is 25.0 Å². The van der Waals surface area contributed by atoms with Gasteiger partial charge in [0.25, 0.3) is 0 Å². The molecule has 94 valence electrons. The largest absolute Gasteiger partial charge is 0.384 e. The number of benzene rings is 1. The van der Waals surface area contributed by atoms with Gasteiger partial charge in [-0.25, -0.2) is 4.39 Å². The molecule has 0 saturated heterocycles. The molecule has 17 heavy (non-hydrogen) atoms. The third-order valence-corrected chi connectivity index (χ3v) is 2.57. The van der Waals surface area contributed by atoms with Gasteiger partial charge in [-0.2, -0.15) is 0 Å². The lowest BCUT2D eigenvalue weighted by Crippen LogP contribution is -2.30. The third-order valence-electron chi connectivity index (χ3n) is 2.57. The first-order valence-corrected chi connectivity index (χ1v) is 5.85. The summed E-state index contributed by atoms with van der Waals surface area (Å²) in [6, 6.07) is 4.80. The minimum atomic E-state index is -0.433. The van der Waals surface area contributed by atoms with E-state index >= 15 is 0 Å². The number of nitrogens with two attached hydrogens (primary N) is 1. The van der Waals surface area contributed by atoms with Gasteiger partial charge in [-0.15, -0.1) is 0 Å². The van der Waals surface area contributed by atoms with E-state index < -0.39 is 5.82 Å². The maximum atomic E-state index is 13.7. The maximum Gasteiger partial charge on any atom is 0.136 e. The lowest BCUT2D eigenvalue weighted by atomic mass is 10.1. The van der Waals surface area contributed by atoms with E-state index in [1.54, 1.807) is 6.07 Å². The molecule has 3 nitrogen and oxygen atoms in total. The molecule has 0 radical (unpaired) electrons. The van der Waals surface area contributed by atoms with Crippen molar-refractivity contribution in [1.82, 2.24) is 0 Å². The Morgan fingerprint density at radius 1 is 1.47 bits per heavy atom. The second-order valence-corrected chi connectivity index (χ2v) is 4.48. The molecular weight excluding hydrogens is 217 g/mol. The quantitative estimate of drug-likeness (QED) is 0.611. The SMILES string of the molecule is CCN(CC(C)C)c1cccc(F)c1C(=N)N. The Bertz CT molecular complexity index is 402. The zero-order valence-electron chi connectivity index (χ0n) is 10.6. The Balaban J connectivity index is 3.18. The number of hydrogen-bond acceptors (Lipinski definition) is 2. The van der Waals surface area contributed by atoms with Crippen molar-refractivity contribution >= 4 is 11.5 Å². The molecule has 1 rings (SSSR count). The summed E-state index contributed by atoms with van der Waals surface area (Å²) in [6.45, 7) is 7.81. The highest BCUT2D eigenvalue weighted by molar-refractivity contribution is 6.00. The first-order valence-electron chi connectivity index (χ1n) is 5.85. The van der Waals surface area contributed by atoms with E-state index in [1.807, 2.05) is 17.9 Å². The Labute approximate surface area is 102 Å². The smallest absolute Gasteiger partial charge is 0.136 e. The summed E-state index contributed by atoms with van der Waals surface area (Å²) in [4.78, 5) is 2.05. The fourth-order valence-corrected chi connectivity index (χ4v) is 1.88. The predicted molar refractivity (Wildman–Crippen MR) is 70.1 cm³/mol. The first-order chi connectivity index (χ1) is 7.97. The molecule has 0 unspecified atom stereocenters. The standard InChI is InChI=1S/C13H20FN3/c1-4-17(8-9(2)3)11-7-5-6-10(14)12(11)13(15)16/h5-7,9H,4,8H2,1-3H3,(H3,15,16). The van der Waals surface area contributed by atoms with Crippen LogP contribution in [0.5, 0.6) is 0 Å². The van der Waals surface area contributed by atoms with Gasteiger partial charge in [0.2, 0.25) is 0 Å². The van der Waals surface area contributed by atoms with Crippen molar-refractivity contribution in [3.05, 3.63) is 29.6 Å². The molecule has 0 atom stereocenters. The van der Waals surface area contributed by atoms with Crippen LogP contribution in [0.25, 0.3) is 0 Å². The summed E-state index contributed by atoms with van der Waals surface area (Å²) in [5.41, 5.74) is 6.36. The number of hydrogen-bond donors (Lipinski definition) is 2. The van der Waals surface area contributed by atoms with Gasteiger partial charge in [-0.1, -0.05) is 19.9 Å². The summed E-state index contributed by atoms with van der Waals surface area (Å²) in [5, 5.41) is 7.48. The monoisotopic (exact) mass is 237 g/mol. The normalized spacial score (nSPS) is 10.6. The van der Waals surface area contributed by atoms with Gasteiger partial charge in [0.1, 0.15) is 11.7 Å². The minimum absolute atomic E-state index is 0.204. The Morgan fingerprint density at radius 2 is 2.12 bits per heavy atom. The van der Waals surface area contributed by atoms with E-state index in [9.17, 15) is 4.39 Å². The Morgan fingerprint density at radius 3 is 2.59 bits per heavy atom. The average Bonchev–Trinajstić information content (AvgIpc) is 2.24. The summed E-state index contributed by atoms with van der Waals surface area (Å²) >= 11 is 0. The van der Waals surface area contributed by atoms with Crippen molar-refractivity contribution in [2.45, 2.75) is 20.8 Å². The summed E-state index contributed by atoms with van der Waals surface area (Å²) in [7, 11) is 0. The van der Waals surface area contributed by atoms with E-state index in [4.69, 9.17) is 11.1 Å². The maximum absolute atomic E-state index is 13.7. The molecule has 3 N–H and O–H groups in total. The third kappa shape index (κ3) is 3.19. The van der Waals surface area contributed by atoms with Gasteiger partial charge in [0.15, 0.2) is 0 Å².